The Balaban J connectivity index is 2.39. The number of carboxylic acid groups (broad SMARTS) is 1. The SMILES string of the molecule is CCC(C)(Cn1nnnc1-c1ccc(C)c(F)c1)C(=O)O. The fourth-order valence-electron chi connectivity index (χ4n) is 1.91. The molecule has 0 aliphatic heterocycles. The molecule has 1 atom stereocenters. The van der Waals surface area contributed by atoms with E-state index >= 15 is 0 Å². The van der Waals surface area contributed by atoms with E-state index in [0.29, 0.717) is 23.4 Å². The molecule has 2 aromatic rings. The Labute approximate surface area is 121 Å². The zero-order chi connectivity index (χ0) is 15.6. The molecule has 112 valence electrons. The van der Waals surface area contributed by atoms with Crippen LogP contribution in [0.5, 0.6) is 0 Å². The second-order valence-corrected chi connectivity index (χ2v) is 5.34. The number of tetrazole rings is 1. The summed E-state index contributed by atoms with van der Waals surface area (Å²) >= 11 is 0. The van der Waals surface area contributed by atoms with E-state index in [9.17, 15) is 14.3 Å². The first-order valence-electron chi connectivity index (χ1n) is 6.63. The van der Waals surface area contributed by atoms with Gasteiger partial charge in [-0.15, -0.1) is 5.10 Å². The highest BCUT2D eigenvalue weighted by Crippen LogP contribution is 2.26. The fraction of sp³-hybridized carbons (Fsp3) is 0.429. The first-order valence-corrected chi connectivity index (χ1v) is 6.63. The van der Waals surface area contributed by atoms with Crippen molar-refractivity contribution in [3.63, 3.8) is 0 Å². The smallest absolute Gasteiger partial charge is 0.311 e. The van der Waals surface area contributed by atoms with Gasteiger partial charge in [-0.3, -0.25) is 4.79 Å². The molecule has 0 fully saturated rings. The number of rotatable bonds is 5. The molecule has 21 heavy (non-hydrogen) atoms. The lowest BCUT2D eigenvalue weighted by molar-refractivity contribution is -0.149. The Kier molecular flexibility index (Phi) is 4.02. The molecule has 1 aromatic heterocycles. The molecule has 2 rings (SSSR count). The van der Waals surface area contributed by atoms with Crippen molar-refractivity contribution < 1.29 is 14.3 Å². The zero-order valence-corrected chi connectivity index (χ0v) is 12.2. The molecule has 1 N–H and O–H groups in total. The van der Waals surface area contributed by atoms with Gasteiger partial charge in [0.25, 0.3) is 0 Å². The van der Waals surface area contributed by atoms with Crippen LogP contribution in [-0.4, -0.2) is 31.3 Å². The molecule has 0 aliphatic rings. The van der Waals surface area contributed by atoms with Crippen molar-refractivity contribution in [1.29, 1.82) is 0 Å². The number of hydrogen-bond donors (Lipinski definition) is 1. The van der Waals surface area contributed by atoms with Crippen LogP contribution in [0.15, 0.2) is 18.2 Å². The monoisotopic (exact) mass is 292 g/mol. The highest BCUT2D eigenvalue weighted by Gasteiger charge is 2.33. The molecule has 0 amide bonds. The second kappa shape index (κ2) is 5.59. The molecule has 0 saturated carbocycles. The summed E-state index contributed by atoms with van der Waals surface area (Å²) in [5.74, 6) is -0.908. The molecule has 0 saturated heterocycles. The average molecular weight is 292 g/mol. The largest absolute Gasteiger partial charge is 0.481 e. The summed E-state index contributed by atoms with van der Waals surface area (Å²) in [6, 6.07) is 4.70. The van der Waals surface area contributed by atoms with Gasteiger partial charge in [-0.05, 0) is 42.3 Å². The third kappa shape index (κ3) is 2.91. The quantitative estimate of drug-likeness (QED) is 0.914. The molecule has 6 nitrogen and oxygen atoms in total. The lowest BCUT2D eigenvalue weighted by Gasteiger charge is -2.22. The third-order valence-corrected chi connectivity index (χ3v) is 3.76. The van der Waals surface area contributed by atoms with Crippen LogP contribution < -0.4 is 0 Å². The zero-order valence-electron chi connectivity index (χ0n) is 12.2. The Morgan fingerprint density at radius 3 is 2.76 bits per heavy atom. The van der Waals surface area contributed by atoms with Gasteiger partial charge in [0, 0.05) is 5.56 Å². The van der Waals surface area contributed by atoms with Crippen molar-refractivity contribution in [1.82, 2.24) is 20.2 Å². The van der Waals surface area contributed by atoms with Crippen molar-refractivity contribution in [3.8, 4) is 11.4 Å². The van der Waals surface area contributed by atoms with E-state index in [-0.39, 0.29) is 12.4 Å². The van der Waals surface area contributed by atoms with E-state index in [0.717, 1.165) is 0 Å². The number of nitrogens with zero attached hydrogens (tertiary/aromatic N) is 4. The Morgan fingerprint density at radius 1 is 1.48 bits per heavy atom. The van der Waals surface area contributed by atoms with Gasteiger partial charge in [-0.25, -0.2) is 9.07 Å². The molecule has 1 heterocycles. The second-order valence-electron chi connectivity index (χ2n) is 5.34. The van der Waals surface area contributed by atoms with E-state index in [4.69, 9.17) is 0 Å². The van der Waals surface area contributed by atoms with Crippen LogP contribution in [-0.2, 0) is 11.3 Å². The van der Waals surface area contributed by atoms with Crippen molar-refractivity contribution in [2.75, 3.05) is 0 Å². The minimum atomic E-state index is -0.979. The predicted octanol–water partition coefficient (Wildman–Crippen LogP) is 2.29. The number of aliphatic carboxylic acids is 1. The third-order valence-electron chi connectivity index (χ3n) is 3.76. The van der Waals surface area contributed by atoms with Crippen LogP contribution in [0.1, 0.15) is 25.8 Å². The first-order chi connectivity index (χ1) is 9.87. The van der Waals surface area contributed by atoms with E-state index in [1.54, 1.807) is 32.9 Å². The number of carbonyl (C=O) groups is 1. The van der Waals surface area contributed by atoms with Gasteiger partial charge < -0.3 is 5.11 Å². The van der Waals surface area contributed by atoms with E-state index < -0.39 is 11.4 Å². The summed E-state index contributed by atoms with van der Waals surface area (Å²) in [4.78, 5) is 11.4. The van der Waals surface area contributed by atoms with Gasteiger partial charge in [-0.2, -0.15) is 0 Å². The lowest BCUT2D eigenvalue weighted by Crippen LogP contribution is -2.32. The normalized spacial score (nSPS) is 13.9. The molecule has 1 aromatic carbocycles. The minimum absolute atomic E-state index is 0.122. The molecule has 0 aliphatic carbocycles. The Hall–Kier alpha value is -2.31. The number of hydrogen-bond acceptors (Lipinski definition) is 4. The Bertz CT molecular complexity index is 671. The summed E-state index contributed by atoms with van der Waals surface area (Å²) in [7, 11) is 0. The number of carboxylic acids is 1. The van der Waals surface area contributed by atoms with Crippen molar-refractivity contribution in [3.05, 3.63) is 29.6 Å². The molecule has 1 unspecified atom stereocenters. The number of aryl methyl sites for hydroxylation is 1. The standard InChI is InChI=1S/C14H17FN4O2/c1-4-14(3,13(20)21)8-19-12(16-17-18-19)10-6-5-9(2)11(15)7-10/h5-7H,4,8H2,1-3H3,(H,20,21). The van der Waals surface area contributed by atoms with Gasteiger partial charge in [0.05, 0.1) is 12.0 Å². The summed E-state index contributed by atoms with van der Waals surface area (Å²) in [6.07, 6.45) is 0.434. The topological polar surface area (TPSA) is 80.9 Å². The van der Waals surface area contributed by atoms with Gasteiger partial charge in [0.1, 0.15) is 5.82 Å². The van der Waals surface area contributed by atoms with Crippen LogP contribution in [0, 0.1) is 18.2 Å². The van der Waals surface area contributed by atoms with Crippen LogP contribution in [0.3, 0.4) is 0 Å². The van der Waals surface area contributed by atoms with Gasteiger partial charge >= 0.3 is 5.97 Å². The van der Waals surface area contributed by atoms with Crippen LogP contribution >= 0.6 is 0 Å². The van der Waals surface area contributed by atoms with Gasteiger partial charge in [0.2, 0.25) is 0 Å². The van der Waals surface area contributed by atoms with E-state index in [1.165, 1.54) is 10.7 Å². The average Bonchev–Trinajstić information content (AvgIpc) is 2.89. The molecule has 0 bridgehead atoms. The summed E-state index contributed by atoms with van der Waals surface area (Å²) in [5, 5.41) is 20.6. The van der Waals surface area contributed by atoms with Gasteiger partial charge in [-0.1, -0.05) is 19.1 Å². The molecular formula is C14H17FN4O2. The minimum Gasteiger partial charge on any atom is -0.481 e. The lowest BCUT2D eigenvalue weighted by atomic mass is 9.88. The fourth-order valence-corrected chi connectivity index (χ4v) is 1.91. The number of benzene rings is 1. The summed E-state index contributed by atoms with van der Waals surface area (Å²) in [5.41, 5.74) is 0.0709. The summed E-state index contributed by atoms with van der Waals surface area (Å²) < 4.78 is 15.1. The highest BCUT2D eigenvalue weighted by atomic mass is 19.1. The van der Waals surface area contributed by atoms with Crippen LogP contribution in [0.2, 0.25) is 0 Å². The first kappa shape index (κ1) is 15.1. The maximum atomic E-state index is 13.7. The summed E-state index contributed by atoms with van der Waals surface area (Å²) in [6.45, 7) is 5.22. The maximum absolute atomic E-state index is 13.7. The van der Waals surface area contributed by atoms with Crippen LogP contribution in [0.25, 0.3) is 11.4 Å². The Morgan fingerprint density at radius 2 is 2.19 bits per heavy atom. The van der Waals surface area contributed by atoms with Crippen molar-refractivity contribution >= 4 is 5.97 Å². The number of aromatic nitrogens is 4. The van der Waals surface area contributed by atoms with E-state index in [1.807, 2.05) is 0 Å². The molecule has 7 heteroatoms. The highest BCUT2D eigenvalue weighted by molar-refractivity contribution is 5.74. The number of halogens is 1. The molecular weight excluding hydrogens is 275 g/mol. The maximum Gasteiger partial charge on any atom is 0.311 e. The van der Waals surface area contributed by atoms with Crippen molar-refractivity contribution in [2.24, 2.45) is 5.41 Å². The van der Waals surface area contributed by atoms with Crippen LogP contribution in [0.4, 0.5) is 4.39 Å². The van der Waals surface area contributed by atoms with Gasteiger partial charge in [0.15, 0.2) is 5.82 Å². The van der Waals surface area contributed by atoms with Crippen molar-refractivity contribution in [2.45, 2.75) is 33.7 Å². The van der Waals surface area contributed by atoms with E-state index in [2.05, 4.69) is 15.5 Å². The molecule has 0 radical (unpaired) electrons. The molecule has 0 spiro atoms. The predicted molar refractivity (Wildman–Crippen MR) is 74.0 cm³/mol.